The summed E-state index contributed by atoms with van der Waals surface area (Å²) in [5.74, 6) is 0.833. The first-order valence-electron chi connectivity index (χ1n) is 7.93. The molecule has 0 bridgehead atoms. The number of nitrogens with two attached hydrogens (primary N) is 1. The third-order valence-corrected chi connectivity index (χ3v) is 3.57. The topological polar surface area (TPSA) is 105 Å². The van der Waals surface area contributed by atoms with Crippen molar-refractivity contribution in [3.63, 3.8) is 0 Å². The van der Waals surface area contributed by atoms with E-state index in [9.17, 15) is 9.59 Å². The Morgan fingerprint density at radius 2 is 1.75 bits per heavy atom. The van der Waals surface area contributed by atoms with Gasteiger partial charge < -0.3 is 16.2 Å². The molecule has 0 saturated heterocycles. The standard InChI is InChI=1S/C8H6ClNO2.C7H8O.C5H5ClN2/c9-7-1-2-8(10-5-12)6(3-7)4-11;1-6-3-2-4-7(8)5-6;6-4-1-2-5(7)8-3-4/h1-5H,(H,10,12);2-5,8H,1H3;1-3H,(H2,7,8). The first-order valence-corrected chi connectivity index (χ1v) is 8.69. The van der Waals surface area contributed by atoms with E-state index in [0.717, 1.165) is 5.56 Å². The first-order chi connectivity index (χ1) is 13.3. The van der Waals surface area contributed by atoms with Gasteiger partial charge in [-0.25, -0.2) is 4.98 Å². The highest BCUT2D eigenvalue weighted by Crippen LogP contribution is 2.18. The summed E-state index contributed by atoms with van der Waals surface area (Å²) in [6.45, 7) is 1.94. The first kappa shape index (κ1) is 23.0. The molecule has 1 amide bonds. The lowest BCUT2D eigenvalue weighted by atomic mass is 10.2. The molecule has 0 aliphatic carbocycles. The Bertz CT molecular complexity index is 865. The number of hydrogen-bond acceptors (Lipinski definition) is 5. The quantitative estimate of drug-likeness (QED) is 0.531. The highest BCUT2D eigenvalue weighted by atomic mass is 35.5. The third-order valence-electron chi connectivity index (χ3n) is 3.11. The maximum atomic E-state index is 10.4. The SMILES string of the molecule is Cc1cccc(O)c1.Nc1ccc(Cl)cn1.O=CNc1ccc(Cl)cc1C=O. The van der Waals surface area contributed by atoms with Gasteiger partial charge in [0.1, 0.15) is 11.6 Å². The number of carbonyl (C=O) groups excluding carboxylic acids is 2. The number of aryl methyl sites for hydroxylation is 1. The highest BCUT2D eigenvalue weighted by molar-refractivity contribution is 6.31. The summed E-state index contributed by atoms with van der Waals surface area (Å²) in [7, 11) is 0. The van der Waals surface area contributed by atoms with Crippen molar-refractivity contribution in [3.05, 3.63) is 82.0 Å². The Balaban J connectivity index is 0.000000217. The van der Waals surface area contributed by atoms with Crippen molar-refractivity contribution in [1.29, 1.82) is 0 Å². The zero-order chi connectivity index (χ0) is 20.9. The molecule has 8 heteroatoms. The molecule has 28 heavy (non-hydrogen) atoms. The van der Waals surface area contributed by atoms with E-state index in [-0.39, 0.29) is 0 Å². The van der Waals surface area contributed by atoms with E-state index in [1.54, 1.807) is 36.4 Å². The van der Waals surface area contributed by atoms with E-state index < -0.39 is 0 Å². The number of halogens is 2. The molecule has 0 aliphatic rings. The lowest BCUT2D eigenvalue weighted by molar-refractivity contribution is -0.105. The number of pyridine rings is 1. The predicted molar refractivity (Wildman–Crippen MR) is 113 cm³/mol. The molecule has 146 valence electrons. The third kappa shape index (κ3) is 9.02. The van der Waals surface area contributed by atoms with Gasteiger partial charge >= 0.3 is 0 Å². The summed E-state index contributed by atoms with van der Waals surface area (Å²) in [5.41, 5.74) is 7.18. The summed E-state index contributed by atoms with van der Waals surface area (Å²) < 4.78 is 0. The van der Waals surface area contributed by atoms with Gasteiger partial charge in [0.2, 0.25) is 6.41 Å². The van der Waals surface area contributed by atoms with Gasteiger partial charge in [0.15, 0.2) is 6.29 Å². The molecule has 0 radical (unpaired) electrons. The normalized spacial score (nSPS) is 9.11. The Morgan fingerprint density at radius 1 is 1.04 bits per heavy atom. The van der Waals surface area contributed by atoms with E-state index >= 15 is 0 Å². The fourth-order valence-electron chi connectivity index (χ4n) is 1.84. The van der Waals surface area contributed by atoms with Crippen LogP contribution in [0.3, 0.4) is 0 Å². The minimum atomic E-state index is 0.338. The zero-order valence-electron chi connectivity index (χ0n) is 15.0. The van der Waals surface area contributed by atoms with Crippen LogP contribution in [0, 0.1) is 6.92 Å². The minimum absolute atomic E-state index is 0.338. The van der Waals surface area contributed by atoms with Gasteiger partial charge in [0.25, 0.3) is 0 Å². The number of nitrogens with zero attached hydrogens (tertiary/aromatic N) is 1. The van der Waals surface area contributed by atoms with Crippen LogP contribution in [0.5, 0.6) is 5.75 Å². The van der Waals surface area contributed by atoms with Crippen molar-refractivity contribution in [3.8, 4) is 5.75 Å². The van der Waals surface area contributed by atoms with Crippen molar-refractivity contribution >= 4 is 47.4 Å². The van der Waals surface area contributed by atoms with E-state index in [1.165, 1.54) is 12.3 Å². The zero-order valence-corrected chi connectivity index (χ0v) is 16.5. The Kier molecular flexibility index (Phi) is 10.1. The fourth-order valence-corrected chi connectivity index (χ4v) is 2.13. The number of phenolic OH excluding ortho intramolecular Hbond substituents is 1. The summed E-state index contributed by atoms with van der Waals surface area (Å²) in [4.78, 5) is 24.2. The van der Waals surface area contributed by atoms with Gasteiger partial charge in [0.05, 0.1) is 10.7 Å². The number of aromatic hydroxyl groups is 1. The molecule has 4 N–H and O–H groups in total. The molecule has 0 unspecified atom stereocenters. The Hall–Kier alpha value is -3.09. The van der Waals surface area contributed by atoms with E-state index in [1.807, 2.05) is 19.1 Å². The number of nitrogens with one attached hydrogen (secondary N) is 1. The van der Waals surface area contributed by atoms with Crippen LogP contribution in [0.25, 0.3) is 0 Å². The van der Waals surface area contributed by atoms with Crippen molar-refractivity contribution in [1.82, 2.24) is 4.98 Å². The van der Waals surface area contributed by atoms with Gasteiger partial charge in [-0.05, 0) is 55.0 Å². The number of benzene rings is 2. The van der Waals surface area contributed by atoms with Gasteiger partial charge in [0, 0.05) is 16.8 Å². The van der Waals surface area contributed by atoms with Gasteiger partial charge in [-0.15, -0.1) is 0 Å². The largest absolute Gasteiger partial charge is 0.508 e. The summed E-state index contributed by atoms with van der Waals surface area (Å²) in [5, 5.41) is 12.3. The van der Waals surface area contributed by atoms with Gasteiger partial charge in [-0.2, -0.15) is 0 Å². The monoisotopic (exact) mass is 419 g/mol. The predicted octanol–water partition coefficient (Wildman–Crippen LogP) is 4.74. The number of anilines is 2. The second-order valence-corrected chi connectivity index (χ2v) is 6.22. The van der Waals surface area contributed by atoms with Crippen molar-refractivity contribution < 1.29 is 14.7 Å². The van der Waals surface area contributed by atoms with Crippen LogP contribution < -0.4 is 11.1 Å². The number of phenols is 1. The highest BCUT2D eigenvalue weighted by Gasteiger charge is 2.00. The lowest BCUT2D eigenvalue weighted by Crippen LogP contribution is -1.97. The molecule has 0 fully saturated rings. The number of carbonyl (C=O) groups is 2. The maximum Gasteiger partial charge on any atom is 0.211 e. The van der Waals surface area contributed by atoms with E-state index in [4.69, 9.17) is 34.0 Å². The number of amides is 1. The number of aldehydes is 1. The average molecular weight is 420 g/mol. The number of nitrogen functional groups attached to an aromatic ring is 1. The maximum absolute atomic E-state index is 10.4. The second-order valence-electron chi connectivity index (χ2n) is 5.35. The van der Waals surface area contributed by atoms with Crippen LogP contribution in [0.1, 0.15) is 15.9 Å². The van der Waals surface area contributed by atoms with Crippen molar-refractivity contribution in [2.75, 3.05) is 11.1 Å². The number of aromatic nitrogens is 1. The molecule has 2 aromatic carbocycles. The van der Waals surface area contributed by atoms with Crippen LogP contribution in [0.2, 0.25) is 10.0 Å². The van der Waals surface area contributed by atoms with Crippen LogP contribution in [-0.4, -0.2) is 22.8 Å². The van der Waals surface area contributed by atoms with Crippen molar-refractivity contribution in [2.24, 2.45) is 0 Å². The molecule has 3 aromatic rings. The van der Waals surface area contributed by atoms with Gasteiger partial charge in [-0.3, -0.25) is 9.59 Å². The number of hydrogen-bond donors (Lipinski definition) is 3. The molecule has 0 atom stereocenters. The molecule has 0 aliphatic heterocycles. The minimum Gasteiger partial charge on any atom is -0.508 e. The molecule has 6 nitrogen and oxygen atoms in total. The summed E-state index contributed by atoms with van der Waals surface area (Å²) in [6, 6.07) is 15.2. The summed E-state index contributed by atoms with van der Waals surface area (Å²) >= 11 is 11.1. The van der Waals surface area contributed by atoms with E-state index in [0.29, 0.717) is 45.6 Å². The molecule has 0 spiro atoms. The molecular weight excluding hydrogens is 401 g/mol. The van der Waals surface area contributed by atoms with Crippen LogP contribution in [0.4, 0.5) is 11.5 Å². The molecule has 3 rings (SSSR count). The molecular formula is C20H19Cl2N3O3. The lowest BCUT2D eigenvalue weighted by Gasteiger charge is -2.01. The number of rotatable bonds is 3. The molecule has 0 saturated carbocycles. The second kappa shape index (κ2) is 12.3. The molecule has 1 aromatic heterocycles. The van der Waals surface area contributed by atoms with Gasteiger partial charge in [-0.1, -0.05) is 35.3 Å². The van der Waals surface area contributed by atoms with Crippen LogP contribution >= 0.6 is 23.2 Å². The Morgan fingerprint density at radius 3 is 2.21 bits per heavy atom. The fraction of sp³-hybridized carbons (Fsp3) is 0.0500. The average Bonchev–Trinajstić information content (AvgIpc) is 2.66. The van der Waals surface area contributed by atoms with Crippen LogP contribution in [0.15, 0.2) is 60.8 Å². The van der Waals surface area contributed by atoms with E-state index in [2.05, 4.69) is 10.3 Å². The smallest absolute Gasteiger partial charge is 0.211 e. The Labute approximate surface area is 172 Å². The molecule has 1 heterocycles. The van der Waals surface area contributed by atoms with Crippen molar-refractivity contribution in [2.45, 2.75) is 6.92 Å². The summed E-state index contributed by atoms with van der Waals surface area (Å²) in [6.07, 6.45) is 2.66. The van der Waals surface area contributed by atoms with Crippen LogP contribution in [-0.2, 0) is 4.79 Å².